The maximum Gasteiger partial charge on any atom is 0.326 e. The quantitative estimate of drug-likeness (QED) is 0.392. The number of sulfonamides is 1. The first-order chi connectivity index (χ1) is 12.6. The van der Waals surface area contributed by atoms with Crippen LogP contribution in [-0.4, -0.2) is 33.0 Å². The Morgan fingerprint density at radius 2 is 1.93 bits per heavy atom. The lowest BCUT2D eigenvalue weighted by Gasteiger charge is -2.25. The molecule has 0 aliphatic carbocycles. The lowest BCUT2D eigenvalue weighted by atomic mass is 10.2. The Balaban J connectivity index is 2.71. The molecule has 0 spiro atoms. The maximum atomic E-state index is 13.2. The van der Waals surface area contributed by atoms with Crippen LogP contribution in [0.25, 0.3) is 0 Å². The van der Waals surface area contributed by atoms with Gasteiger partial charge in [-0.15, -0.1) is 0 Å². The number of nitro groups is 1. The van der Waals surface area contributed by atoms with Crippen LogP contribution < -0.4 is 4.31 Å². The Kier molecular flexibility index (Phi) is 6.30. The number of anilines is 1. The molecule has 0 heterocycles. The number of esters is 1. The number of rotatable bonds is 6. The van der Waals surface area contributed by atoms with Crippen LogP contribution in [0.3, 0.4) is 0 Å². The Morgan fingerprint density at radius 1 is 1.26 bits per heavy atom. The van der Waals surface area contributed by atoms with E-state index in [4.69, 9.17) is 23.2 Å². The predicted octanol–water partition coefficient (Wildman–Crippen LogP) is 3.58. The molecule has 8 nitrogen and oxygen atoms in total. The molecule has 2 aromatic rings. The average molecular weight is 433 g/mol. The van der Waals surface area contributed by atoms with Gasteiger partial charge in [-0.3, -0.25) is 19.2 Å². The molecular formula is C16H14Cl2N2O6S. The molecule has 2 aromatic carbocycles. The Morgan fingerprint density at radius 3 is 2.52 bits per heavy atom. The van der Waals surface area contributed by atoms with Gasteiger partial charge in [0.25, 0.3) is 15.7 Å². The first kappa shape index (κ1) is 20.9. The number of benzene rings is 2. The normalized spacial score (nSPS) is 11.1. The summed E-state index contributed by atoms with van der Waals surface area (Å²) in [5.74, 6) is -0.849. The van der Waals surface area contributed by atoms with Crippen molar-refractivity contribution in [1.82, 2.24) is 0 Å². The number of carbonyl (C=O) groups excluding carboxylic acids is 1. The van der Waals surface area contributed by atoms with Gasteiger partial charge in [0.15, 0.2) is 0 Å². The second kappa shape index (κ2) is 8.12. The third-order valence-electron chi connectivity index (χ3n) is 3.65. The minimum Gasteiger partial charge on any atom is -0.468 e. The Bertz CT molecular complexity index is 1010. The fourth-order valence-electron chi connectivity index (χ4n) is 2.27. The van der Waals surface area contributed by atoms with Crippen LogP contribution in [0.5, 0.6) is 0 Å². The lowest BCUT2D eigenvalue weighted by molar-refractivity contribution is -0.385. The van der Waals surface area contributed by atoms with Crippen molar-refractivity contribution >= 4 is 50.6 Å². The lowest BCUT2D eigenvalue weighted by Crippen LogP contribution is -2.37. The Labute approximate surface area is 165 Å². The maximum absolute atomic E-state index is 13.2. The van der Waals surface area contributed by atoms with E-state index in [-0.39, 0.29) is 26.2 Å². The molecular weight excluding hydrogens is 419 g/mol. The Hall–Kier alpha value is -2.36. The number of ether oxygens (including phenoxy) is 1. The van der Waals surface area contributed by atoms with E-state index in [1.54, 1.807) is 0 Å². The summed E-state index contributed by atoms with van der Waals surface area (Å²) in [7, 11) is -3.30. The molecule has 11 heteroatoms. The van der Waals surface area contributed by atoms with Crippen LogP contribution in [0.2, 0.25) is 10.0 Å². The first-order valence-electron chi connectivity index (χ1n) is 7.38. The summed E-state index contributed by atoms with van der Waals surface area (Å²) in [6.07, 6.45) is 0. The van der Waals surface area contributed by atoms with Gasteiger partial charge in [-0.1, -0.05) is 35.3 Å². The fourth-order valence-corrected chi connectivity index (χ4v) is 4.38. The van der Waals surface area contributed by atoms with Crippen molar-refractivity contribution in [2.75, 3.05) is 18.0 Å². The zero-order valence-electron chi connectivity index (χ0n) is 14.2. The number of nitro benzene ring substituents is 1. The van der Waals surface area contributed by atoms with Gasteiger partial charge in [-0.05, 0) is 24.6 Å². The number of nitrogens with zero attached hydrogens (tertiary/aromatic N) is 2. The zero-order valence-corrected chi connectivity index (χ0v) is 16.5. The van der Waals surface area contributed by atoms with E-state index >= 15 is 0 Å². The van der Waals surface area contributed by atoms with Crippen molar-refractivity contribution in [3.05, 3.63) is 62.1 Å². The third-order valence-corrected chi connectivity index (χ3v) is 6.36. The van der Waals surface area contributed by atoms with Crippen LogP contribution in [0.4, 0.5) is 11.4 Å². The van der Waals surface area contributed by atoms with Gasteiger partial charge in [0.05, 0.1) is 32.7 Å². The molecule has 0 aliphatic heterocycles. The van der Waals surface area contributed by atoms with Gasteiger partial charge in [0.1, 0.15) is 6.54 Å². The van der Waals surface area contributed by atoms with Crippen LogP contribution >= 0.6 is 23.2 Å². The van der Waals surface area contributed by atoms with Crippen molar-refractivity contribution in [3.63, 3.8) is 0 Å². The number of non-ortho nitro benzene ring substituents is 1. The van der Waals surface area contributed by atoms with Crippen molar-refractivity contribution in [2.45, 2.75) is 11.8 Å². The first-order valence-corrected chi connectivity index (χ1v) is 9.57. The van der Waals surface area contributed by atoms with E-state index in [2.05, 4.69) is 4.74 Å². The summed E-state index contributed by atoms with van der Waals surface area (Å²) < 4.78 is 31.7. The highest BCUT2D eigenvalue weighted by atomic mass is 35.5. The van der Waals surface area contributed by atoms with Crippen molar-refractivity contribution < 1.29 is 22.9 Å². The molecule has 27 heavy (non-hydrogen) atoms. The summed E-state index contributed by atoms with van der Waals surface area (Å²) in [6, 6.07) is 7.69. The molecule has 0 unspecified atom stereocenters. The van der Waals surface area contributed by atoms with Gasteiger partial charge in [0, 0.05) is 12.1 Å². The smallest absolute Gasteiger partial charge is 0.326 e. The van der Waals surface area contributed by atoms with Gasteiger partial charge in [-0.2, -0.15) is 0 Å². The van der Waals surface area contributed by atoms with Crippen molar-refractivity contribution in [1.29, 1.82) is 0 Å². The summed E-state index contributed by atoms with van der Waals surface area (Å²) in [6.45, 7) is 0.785. The van der Waals surface area contributed by atoms with Crippen LogP contribution in [-0.2, 0) is 19.6 Å². The van der Waals surface area contributed by atoms with Gasteiger partial charge < -0.3 is 4.74 Å². The highest BCUT2D eigenvalue weighted by Crippen LogP contribution is 2.36. The van der Waals surface area contributed by atoms with Crippen LogP contribution in [0.1, 0.15) is 5.56 Å². The SMILES string of the molecule is COC(=O)CN(c1cccc(Cl)c1Cl)S(=O)(=O)c1cc([N+](=O)[O-])ccc1C. The zero-order chi connectivity index (χ0) is 20.4. The number of methoxy groups -OCH3 is 1. The van der Waals surface area contributed by atoms with E-state index < -0.39 is 33.1 Å². The summed E-state index contributed by atoms with van der Waals surface area (Å²) in [4.78, 5) is 21.8. The summed E-state index contributed by atoms with van der Waals surface area (Å²) in [5, 5.41) is 11.0. The van der Waals surface area contributed by atoms with E-state index in [9.17, 15) is 23.3 Å². The molecule has 0 aromatic heterocycles. The summed E-state index contributed by atoms with van der Waals surface area (Å²) >= 11 is 12.1. The molecule has 0 amide bonds. The van der Waals surface area contributed by atoms with Gasteiger partial charge >= 0.3 is 5.97 Å². The minimum absolute atomic E-state index is 0.0551. The molecule has 0 saturated heterocycles. The second-order valence-corrected chi connectivity index (χ2v) is 7.98. The van der Waals surface area contributed by atoms with Crippen molar-refractivity contribution in [3.8, 4) is 0 Å². The average Bonchev–Trinajstić information content (AvgIpc) is 2.62. The van der Waals surface area contributed by atoms with Gasteiger partial charge in [0.2, 0.25) is 0 Å². The van der Waals surface area contributed by atoms with E-state index in [0.29, 0.717) is 4.31 Å². The van der Waals surface area contributed by atoms with E-state index in [1.165, 1.54) is 37.3 Å². The standard InChI is InChI=1S/C16H14Cl2N2O6S/c1-10-6-7-11(20(22)23)8-14(10)27(24,25)19(9-15(21)26-2)13-5-3-4-12(17)16(13)18/h3-8H,9H2,1-2H3. The largest absolute Gasteiger partial charge is 0.468 e. The molecule has 2 rings (SSSR count). The number of carbonyl (C=O) groups is 1. The molecule has 0 N–H and O–H groups in total. The van der Waals surface area contributed by atoms with E-state index in [0.717, 1.165) is 13.2 Å². The van der Waals surface area contributed by atoms with Crippen molar-refractivity contribution in [2.24, 2.45) is 0 Å². The third kappa shape index (κ3) is 4.32. The number of aryl methyl sites for hydroxylation is 1. The molecule has 0 fully saturated rings. The number of hydrogen-bond donors (Lipinski definition) is 0. The van der Waals surface area contributed by atoms with Gasteiger partial charge in [-0.25, -0.2) is 8.42 Å². The minimum atomic E-state index is -4.40. The summed E-state index contributed by atoms with van der Waals surface area (Å²) in [5.41, 5.74) is -0.205. The molecule has 0 atom stereocenters. The fraction of sp³-hybridized carbons (Fsp3) is 0.188. The second-order valence-electron chi connectivity index (χ2n) is 5.37. The molecule has 0 bridgehead atoms. The highest BCUT2D eigenvalue weighted by Gasteiger charge is 2.32. The molecule has 144 valence electrons. The highest BCUT2D eigenvalue weighted by molar-refractivity contribution is 7.93. The van der Waals surface area contributed by atoms with Crippen LogP contribution in [0, 0.1) is 17.0 Å². The number of halogens is 2. The number of hydrogen-bond acceptors (Lipinski definition) is 6. The van der Waals surface area contributed by atoms with E-state index in [1.807, 2.05) is 0 Å². The monoisotopic (exact) mass is 432 g/mol. The molecule has 0 aliphatic rings. The topological polar surface area (TPSA) is 107 Å². The predicted molar refractivity (Wildman–Crippen MR) is 101 cm³/mol. The molecule has 0 saturated carbocycles. The van der Waals surface area contributed by atoms with Crippen LogP contribution in [0.15, 0.2) is 41.3 Å². The molecule has 0 radical (unpaired) electrons.